The van der Waals surface area contributed by atoms with Crippen LogP contribution < -0.4 is 0 Å². The zero-order valence-corrected chi connectivity index (χ0v) is 15.8. The van der Waals surface area contributed by atoms with E-state index in [-0.39, 0.29) is 10.8 Å². The van der Waals surface area contributed by atoms with Crippen molar-refractivity contribution in [1.29, 1.82) is 0 Å². The molecular weight excluding hydrogens is 268 g/mol. The fourth-order valence-electron chi connectivity index (χ4n) is 3.38. The molecule has 1 aromatic carbocycles. The molecule has 0 aromatic heterocycles. The van der Waals surface area contributed by atoms with Gasteiger partial charge in [0.1, 0.15) is 5.75 Å². The van der Waals surface area contributed by atoms with Gasteiger partial charge in [-0.3, -0.25) is 0 Å². The molecule has 0 saturated carbocycles. The van der Waals surface area contributed by atoms with Gasteiger partial charge in [0.2, 0.25) is 0 Å². The Morgan fingerprint density at radius 1 is 0.773 bits per heavy atom. The number of benzene rings is 1. The maximum atomic E-state index is 10.5. The molecule has 0 aliphatic heterocycles. The second-order valence-corrected chi connectivity index (χ2v) is 8.66. The molecule has 0 saturated heterocycles. The minimum atomic E-state index is -0.0368. The highest BCUT2D eigenvalue weighted by Crippen LogP contribution is 2.41. The van der Waals surface area contributed by atoms with Gasteiger partial charge >= 0.3 is 0 Å². The van der Waals surface area contributed by atoms with Gasteiger partial charge in [-0.15, -0.1) is 0 Å². The Bertz CT molecular complexity index is 472. The van der Waals surface area contributed by atoms with Crippen LogP contribution in [0.25, 0.3) is 0 Å². The molecule has 1 N–H and O–H groups in total. The van der Waals surface area contributed by atoms with Crippen LogP contribution in [-0.2, 0) is 17.3 Å². The Balaban J connectivity index is 3.12. The summed E-state index contributed by atoms with van der Waals surface area (Å²) >= 11 is 0. The summed E-state index contributed by atoms with van der Waals surface area (Å²) in [6, 6.07) is 4.04. The van der Waals surface area contributed by atoms with Gasteiger partial charge in [-0.25, -0.2) is 0 Å². The van der Waals surface area contributed by atoms with E-state index in [2.05, 4.69) is 54.5 Å². The number of hydrogen-bond donors (Lipinski definition) is 1. The third kappa shape index (κ3) is 5.04. The van der Waals surface area contributed by atoms with Crippen molar-refractivity contribution in [3.63, 3.8) is 0 Å². The molecule has 126 valence electrons. The summed E-state index contributed by atoms with van der Waals surface area (Å²) in [5.41, 5.74) is 3.93. The molecule has 0 amide bonds. The molecule has 0 unspecified atom stereocenters. The van der Waals surface area contributed by atoms with Crippen molar-refractivity contribution in [2.75, 3.05) is 0 Å². The van der Waals surface area contributed by atoms with E-state index in [0.29, 0.717) is 5.75 Å². The molecule has 1 aromatic rings. The fraction of sp³-hybridized carbons (Fsp3) is 0.714. The molecule has 0 atom stereocenters. The highest BCUT2D eigenvalue weighted by Gasteiger charge is 2.30. The largest absolute Gasteiger partial charge is 0.508 e. The lowest BCUT2D eigenvalue weighted by molar-refractivity contribution is 0.433. The van der Waals surface area contributed by atoms with Gasteiger partial charge < -0.3 is 5.11 Å². The lowest BCUT2D eigenvalue weighted by Crippen LogP contribution is -2.24. The Morgan fingerprint density at radius 2 is 1.32 bits per heavy atom. The van der Waals surface area contributed by atoms with Crippen LogP contribution in [0.4, 0.5) is 0 Å². The predicted octanol–water partition coefficient (Wildman–Crippen LogP) is 6.50. The van der Waals surface area contributed by atoms with Crippen molar-refractivity contribution in [2.45, 2.75) is 97.8 Å². The number of aryl methyl sites for hydroxylation is 1. The van der Waals surface area contributed by atoms with Crippen LogP contribution in [0.5, 0.6) is 5.75 Å². The van der Waals surface area contributed by atoms with Crippen LogP contribution in [-0.4, -0.2) is 5.11 Å². The maximum Gasteiger partial charge on any atom is 0.119 e. The van der Waals surface area contributed by atoms with Crippen LogP contribution in [0.1, 0.15) is 97.3 Å². The van der Waals surface area contributed by atoms with E-state index in [9.17, 15) is 5.11 Å². The number of unbranched alkanes of at least 4 members (excludes halogenated alkanes) is 4. The molecular formula is C21H36O. The van der Waals surface area contributed by atoms with Gasteiger partial charge in [0.05, 0.1) is 0 Å². The number of hydrogen-bond acceptors (Lipinski definition) is 1. The Hall–Kier alpha value is -0.980. The van der Waals surface area contributed by atoms with Gasteiger partial charge in [-0.2, -0.15) is 0 Å². The topological polar surface area (TPSA) is 20.2 Å². The minimum absolute atomic E-state index is 0.0368. The van der Waals surface area contributed by atoms with Crippen molar-refractivity contribution in [2.24, 2.45) is 0 Å². The molecule has 0 heterocycles. The summed E-state index contributed by atoms with van der Waals surface area (Å²) in [6.07, 6.45) is 7.65. The number of phenols is 1. The van der Waals surface area contributed by atoms with E-state index in [1.54, 1.807) is 0 Å². The van der Waals surface area contributed by atoms with E-state index in [0.717, 1.165) is 12.0 Å². The Labute approximate surface area is 138 Å². The van der Waals surface area contributed by atoms with Crippen LogP contribution in [0.2, 0.25) is 0 Å². The first-order chi connectivity index (χ1) is 10.1. The first-order valence-electron chi connectivity index (χ1n) is 8.94. The highest BCUT2D eigenvalue weighted by molar-refractivity contribution is 5.51. The standard InChI is InChI=1S/C21H36O/c1-8-9-10-11-12-13-16-14-15-17(22)19(21(5,6)7)18(16)20(2,3)4/h14-15,22H,8-13H2,1-7H3. The Kier molecular flexibility index (Phi) is 6.52. The van der Waals surface area contributed by atoms with E-state index in [1.165, 1.54) is 43.2 Å². The third-order valence-corrected chi connectivity index (χ3v) is 4.32. The first kappa shape index (κ1) is 19.1. The molecule has 0 aliphatic carbocycles. The first-order valence-corrected chi connectivity index (χ1v) is 8.94. The SMILES string of the molecule is CCCCCCCc1ccc(O)c(C(C)(C)C)c1C(C)(C)C. The van der Waals surface area contributed by atoms with Crippen molar-refractivity contribution >= 4 is 0 Å². The maximum absolute atomic E-state index is 10.5. The average molecular weight is 305 g/mol. The van der Waals surface area contributed by atoms with Crippen LogP contribution in [0.15, 0.2) is 12.1 Å². The van der Waals surface area contributed by atoms with Crippen molar-refractivity contribution in [1.82, 2.24) is 0 Å². The van der Waals surface area contributed by atoms with Crippen LogP contribution in [0, 0.1) is 0 Å². The van der Waals surface area contributed by atoms with Gasteiger partial charge in [0.15, 0.2) is 0 Å². The number of phenolic OH excluding ortho intramolecular Hbond substituents is 1. The van der Waals surface area contributed by atoms with Gasteiger partial charge in [0, 0.05) is 5.56 Å². The zero-order chi connectivity index (χ0) is 17.0. The highest BCUT2D eigenvalue weighted by atomic mass is 16.3. The molecule has 1 rings (SSSR count). The molecule has 22 heavy (non-hydrogen) atoms. The third-order valence-electron chi connectivity index (χ3n) is 4.32. The Morgan fingerprint density at radius 3 is 1.82 bits per heavy atom. The van der Waals surface area contributed by atoms with E-state index in [1.807, 2.05) is 6.07 Å². The average Bonchev–Trinajstić information content (AvgIpc) is 2.37. The molecule has 1 heteroatoms. The molecule has 0 aliphatic rings. The van der Waals surface area contributed by atoms with Gasteiger partial charge in [0.25, 0.3) is 0 Å². The molecule has 1 nitrogen and oxygen atoms in total. The monoisotopic (exact) mass is 304 g/mol. The summed E-state index contributed by atoms with van der Waals surface area (Å²) in [5, 5.41) is 10.5. The second kappa shape index (κ2) is 7.53. The summed E-state index contributed by atoms with van der Waals surface area (Å²) in [7, 11) is 0. The van der Waals surface area contributed by atoms with Crippen LogP contribution >= 0.6 is 0 Å². The summed E-state index contributed by atoms with van der Waals surface area (Å²) in [5.74, 6) is 0.451. The summed E-state index contributed by atoms with van der Waals surface area (Å²) in [6.45, 7) is 15.6. The normalized spacial score (nSPS) is 12.7. The van der Waals surface area contributed by atoms with Crippen molar-refractivity contribution in [3.8, 4) is 5.75 Å². The summed E-state index contributed by atoms with van der Waals surface area (Å²) in [4.78, 5) is 0. The minimum Gasteiger partial charge on any atom is -0.508 e. The van der Waals surface area contributed by atoms with Crippen LogP contribution in [0.3, 0.4) is 0 Å². The van der Waals surface area contributed by atoms with E-state index >= 15 is 0 Å². The number of aromatic hydroxyl groups is 1. The summed E-state index contributed by atoms with van der Waals surface area (Å²) < 4.78 is 0. The lowest BCUT2D eigenvalue weighted by Gasteiger charge is -2.33. The molecule has 0 radical (unpaired) electrons. The fourth-order valence-corrected chi connectivity index (χ4v) is 3.38. The molecule has 0 bridgehead atoms. The molecule has 0 fully saturated rings. The smallest absolute Gasteiger partial charge is 0.119 e. The van der Waals surface area contributed by atoms with E-state index < -0.39 is 0 Å². The number of rotatable bonds is 6. The molecule has 0 spiro atoms. The zero-order valence-electron chi connectivity index (χ0n) is 15.8. The quantitative estimate of drug-likeness (QED) is 0.595. The van der Waals surface area contributed by atoms with Gasteiger partial charge in [-0.1, -0.05) is 80.2 Å². The van der Waals surface area contributed by atoms with Gasteiger partial charge in [-0.05, 0) is 40.9 Å². The predicted molar refractivity (Wildman–Crippen MR) is 98.0 cm³/mol. The van der Waals surface area contributed by atoms with E-state index in [4.69, 9.17) is 0 Å². The lowest BCUT2D eigenvalue weighted by atomic mass is 9.72. The second-order valence-electron chi connectivity index (χ2n) is 8.66. The van der Waals surface area contributed by atoms with Crippen molar-refractivity contribution < 1.29 is 5.11 Å². The van der Waals surface area contributed by atoms with Crippen molar-refractivity contribution in [3.05, 3.63) is 28.8 Å².